The fourth-order valence-corrected chi connectivity index (χ4v) is 6.08. The van der Waals surface area contributed by atoms with Gasteiger partial charge in [0, 0.05) is 17.5 Å². The van der Waals surface area contributed by atoms with E-state index in [9.17, 15) is 9.59 Å². The maximum absolute atomic E-state index is 13.6. The smallest absolute Gasteiger partial charge is 0.339 e. The van der Waals surface area contributed by atoms with Gasteiger partial charge in [0.2, 0.25) is 5.75 Å². The number of benzene rings is 2. The molecule has 2 aliphatic rings. The lowest BCUT2D eigenvalue weighted by atomic mass is 9.97. The summed E-state index contributed by atoms with van der Waals surface area (Å²) in [6.07, 6.45) is 6.42. The van der Waals surface area contributed by atoms with Gasteiger partial charge in [-0.3, -0.25) is 4.79 Å². The molecule has 40 heavy (non-hydrogen) atoms. The number of hydrogen-bond acceptors (Lipinski definition) is 7. The van der Waals surface area contributed by atoms with Crippen LogP contribution in [-0.4, -0.2) is 61.8 Å². The maximum Gasteiger partial charge on any atom is 0.339 e. The highest BCUT2D eigenvalue weighted by atomic mass is 16.5. The summed E-state index contributed by atoms with van der Waals surface area (Å²) in [4.78, 5) is 33.5. The molecule has 1 aliphatic carbocycles. The third-order valence-corrected chi connectivity index (χ3v) is 7.98. The normalized spacial score (nSPS) is 19.4. The molecular weight excluding hydrogens is 508 g/mol. The highest BCUT2D eigenvalue weighted by Gasteiger charge is 2.31. The Labute approximate surface area is 234 Å². The van der Waals surface area contributed by atoms with Crippen molar-refractivity contribution in [3.8, 4) is 17.2 Å². The van der Waals surface area contributed by atoms with E-state index in [1.54, 1.807) is 21.3 Å². The van der Waals surface area contributed by atoms with Crippen molar-refractivity contribution in [2.24, 2.45) is 0 Å². The minimum absolute atomic E-state index is 0.142. The molecule has 2 aromatic carbocycles. The van der Waals surface area contributed by atoms with Gasteiger partial charge >= 0.3 is 5.97 Å². The Morgan fingerprint density at radius 3 is 2.30 bits per heavy atom. The minimum Gasteiger partial charge on any atom is -0.493 e. The lowest BCUT2D eigenvalue weighted by Gasteiger charge is -2.38. The number of hydrogen-bond donors (Lipinski definition) is 0. The summed E-state index contributed by atoms with van der Waals surface area (Å²) in [5.74, 6) is 1.01. The number of allylic oxidation sites excluding steroid dienone is 1. The summed E-state index contributed by atoms with van der Waals surface area (Å²) in [7, 11) is 4.74. The van der Waals surface area contributed by atoms with Gasteiger partial charge in [-0.05, 0) is 86.9 Å². The Kier molecular flexibility index (Phi) is 7.96. The van der Waals surface area contributed by atoms with Crippen molar-refractivity contribution in [1.29, 1.82) is 0 Å². The summed E-state index contributed by atoms with van der Waals surface area (Å²) in [6.45, 7) is 3.84. The van der Waals surface area contributed by atoms with Crippen LogP contribution in [0.1, 0.15) is 66.7 Å². The first-order valence-corrected chi connectivity index (χ1v) is 13.8. The Hall–Kier alpha value is -4.07. The van der Waals surface area contributed by atoms with Gasteiger partial charge in [0.15, 0.2) is 18.1 Å². The molecule has 0 N–H and O–H groups in total. The number of likely N-dealkylation sites (tertiary alicyclic amines) is 1. The van der Waals surface area contributed by atoms with Crippen LogP contribution in [0, 0.1) is 0 Å². The average molecular weight is 545 g/mol. The highest BCUT2D eigenvalue weighted by Crippen LogP contribution is 2.41. The molecule has 0 radical (unpaired) electrons. The van der Waals surface area contributed by atoms with Crippen molar-refractivity contribution in [3.05, 3.63) is 58.8 Å². The molecule has 2 unspecified atom stereocenters. The fourth-order valence-electron chi connectivity index (χ4n) is 6.08. The lowest BCUT2D eigenvalue weighted by Crippen LogP contribution is -2.49. The molecule has 5 rings (SSSR count). The van der Waals surface area contributed by atoms with Crippen LogP contribution in [0.4, 0.5) is 0 Å². The molecule has 8 nitrogen and oxygen atoms in total. The van der Waals surface area contributed by atoms with E-state index in [4.69, 9.17) is 23.9 Å². The lowest BCUT2D eigenvalue weighted by molar-refractivity contribution is -0.140. The molecule has 0 spiro atoms. The molecule has 2 atom stereocenters. The second-order valence-electron chi connectivity index (χ2n) is 10.5. The Morgan fingerprint density at radius 1 is 0.975 bits per heavy atom. The van der Waals surface area contributed by atoms with Crippen molar-refractivity contribution >= 4 is 34.4 Å². The van der Waals surface area contributed by atoms with Crippen LogP contribution in [0.5, 0.6) is 17.2 Å². The number of methoxy groups -OCH3 is 3. The van der Waals surface area contributed by atoms with E-state index in [1.165, 1.54) is 0 Å². The van der Waals surface area contributed by atoms with Crippen LogP contribution in [0.15, 0.2) is 36.4 Å². The molecule has 1 amide bonds. The van der Waals surface area contributed by atoms with Gasteiger partial charge in [0.05, 0.1) is 38.1 Å². The van der Waals surface area contributed by atoms with Gasteiger partial charge in [0.25, 0.3) is 5.91 Å². The highest BCUT2D eigenvalue weighted by molar-refractivity contribution is 6.07. The molecule has 2 heterocycles. The third-order valence-electron chi connectivity index (χ3n) is 7.98. The molecule has 1 aromatic heterocycles. The zero-order valence-electron chi connectivity index (χ0n) is 23.8. The van der Waals surface area contributed by atoms with E-state index >= 15 is 0 Å². The van der Waals surface area contributed by atoms with Crippen LogP contribution >= 0.6 is 0 Å². The summed E-state index contributed by atoms with van der Waals surface area (Å²) >= 11 is 0. The van der Waals surface area contributed by atoms with Crippen molar-refractivity contribution in [1.82, 2.24) is 9.88 Å². The van der Waals surface area contributed by atoms with Crippen molar-refractivity contribution in [3.63, 3.8) is 0 Å². The quantitative estimate of drug-likeness (QED) is 0.353. The summed E-state index contributed by atoms with van der Waals surface area (Å²) in [5.41, 5.74) is 4.67. The average Bonchev–Trinajstić information content (AvgIpc) is 3.35. The number of rotatable bonds is 7. The third kappa shape index (κ3) is 5.10. The van der Waals surface area contributed by atoms with E-state index in [0.717, 1.165) is 47.0 Å². The fraction of sp³-hybridized carbons (Fsp3) is 0.406. The van der Waals surface area contributed by atoms with Crippen molar-refractivity contribution in [2.75, 3.05) is 27.9 Å². The molecule has 1 fully saturated rings. The van der Waals surface area contributed by atoms with Crippen LogP contribution in [0.25, 0.3) is 22.6 Å². The van der Waals surface area contributed by atoms with Crippen LogP contribution < -0.4 is 14.2 Å². The van der Waals surface area contributed by atoms with Gasteiger partial charge in [-0.15, -0.1) is 0 Å². The largest absolute Gasteiger partial charge is 0.493 e. The number of fused-ring (bicyclic) bond motifs is 2. The number of pyridine rings is 1. The Bertz CT molecular complexity index is 1440. The summed E-state index contributed by atoms with van der Waals surface area (Å²) in [5, 5.41) is 0.729. The second-order valence-corrected chi connectivity index (χ2v) is 10.5. The zero-order chi connectivity index (χ0) is 28.4. The number of piperidine rings is 1. The number of aromatic nitrogens is 1. The first kappa shape index (κ1) is 27.5. The molecule has 8 heteroatoms. The molecule has 1 saturated heterocycles. The molecular formula is C32H36N2O6. The standard InChI is InChI=1S/C32H36N2O6/c1-19-9-8-10-20(2)34(19)28(35)18-40-32(36)29-23-11-6-7-12-25(23)33-30-22(13-14-24(29)30)15-21-16-26(37-3)31(39-5)27(17-21)38-4/h6-7,11-12,15-17,19-20H,8-10,13-14,18H2,1-5H3/b22-15-. The summed E-state index contributed by atoms with van der Waals surface area (Å²) < 4.78 is 22.2. The number of carbonyl (C=O) groups is 2. The Balaban J connectivity index is 1.49. The van der Waals surface area contributed by atoms with Crippen molar-refractivity contribution < 1.29 is 28.5 Å². The second kappa shape index (κ2) is 11.6. The maximum atomic E-state index is 13.6. The number of amides is 1. The van der Waals surface area contributed by atoms with Gasteiger partial charge in [-0.1, -0.05) is 18.2 Å². The molecule has 0 saturated carbocycles. The minimum atomic E-state index is -0.491. The van der Waals surface area contributed by atoms with Gasteiger partial charge < -0.3 is 23.8 Å². The van der Waals surface area contributed by atoms with Gasteiger partial charge in [0.1, 0.15) is 0 Å². The predicted octanol–water partition coefficient (Wildman–Crippen LogP) is 5.69. The van der Waals surface area contributed by atoms with E-state index in [2.05, 4.69) is 13.8 Å². The van der Waals surface area contributed by atoms with Crippen LogP contribution in [0.2, 0.25) is 0 Å². The molecule has 1 aliphatic heterocycles. The predicted molar refractivity (Wildman–Crippen MR) is 154 cm³/mol. The van der Waals surface area contributed by atoms with Gasteiger partial charge in [-0.2, -0.15) is 0 Å². The van der Waals surface area contributed by atoms with Crippen LogP contribution in [-0.2, 0) is 16.0 Å². The molecule has 3 aromatic rings. The molecule has 210 valence electrons. The van der Waals surface area contributed by atoms with E-state index in [1.807, 2.05) is 47.4 Å². The van der Waals surface area contributed by atoms with Crippen LogP contribution in [0.3, 0.4) is 0 Å². The first-order chi connectivity index (χ1) is 19.4. The van der Waals surface area contributed by atoms with E-state index in [-0.39, 0.29) is 24.6 Å². The summed E-state index contributed by atoms with van der Waals surface area (Å²) in [6, 6.07) is 11.6. The SMILES string of the molecule is COc1cc(/C=C2/CCc3c2nc2ccccc2c3C(=O)OCC(=O)N2C(C)CCCC2C)cc(OC)c1OC. The van der Waals surface area contributed by atoms with E-state index < -0.39 is 5.97 Å². The first-order valence-electron chi connectivity index (χ1n) is 13.8. The molecule has 0 bridgehead atoms. The number of esters is 1. The number of nitrogens with zero attached hydrogens (tertiary/aromatic N) is 2. The van der Waals surface area contributed by atoms with E-state index in [0.29, 0.717) is 41.2 Å². The number of para-hydroxylation sites is 1. The topological polar surface area (TPSA) is 87.2 Å². The number of ether oxygens (including phenoxy) is 4. The van der Waals surface area contributed by atoms with Crippen molar-refractivity contribution in [2.45, 2.75) is 58.0 Å². The Morgan fingerprint density at radius 2 is 1.65 bits per heavy atom. The zero-order valence-corrected chi connectivity index (χ0v) is 23.8. The van der Waals surface area contributed by atoms with Gasteiger partial charge in [-0.25, -0.2) is 9.78 Å². The number of carbonyl (C=O) groups excluding carboxylic acids is 2. The monoisotopic (exact) mass is 544 g/mol.